The highest BCUT2D eigenvalue weighted by molar-refractivity contribution is 5.76. The summed E-state index contributed by atoms with van der Waals surface area (Å²) in [5, 5.41) is 10.5. The summed E-state index contributed by atoms with van der Waals surface area (Å²) in [4.78, 5) is 14.1. The largest absolute Gasteiger partial charge is 0.372 e. The van der Waals surface area contributed by atoms with Gasteiger partial charge in [0.1, 0.15) is 0 Å². The third-order valence-electron chi connectivity index (χ3n) is 3.87. The van der Waals surface area contributed by atoms with Crippen LogP contribution >= 0.6 is 0 Å². The molecule has 0 saturated carbocycles. The molecule has 1 aliphatic rings. The van der Waals surface area contributed by atoms with Gasteiger partial charge in [0.2, 0.25) is 5.91 Å². The first-order chi connectivity index (χ1) is 9.97. The number of aromatic amines is 1. The molecule has 0 aromatic carbocycles. The van der Waals surface area contributed by atoms with Gasteiger partial charge in [-0.2, -0.15) is 5.10 Å². The Morgan fingerprint density at radius 2 is 2.05 bits per heavy atom. The lowest BCUT2D eigenvalue weighted by Gasteiger charge is -2.35. The fourth-order valence-electron chi connectivity index (χ4n) is 2.78. The predicted molar refractivity (Wildman–Crippen MR) is 81.0 cm³/mol. The summed E-state index contributed by atoms with van der Waals surface area (Å²) < 4.78 is 5.65. The van der Waals surface area contributed by atoms with Crippen LogP contribution in [0.5, 0.6) is 0 Å². The molecule has 1 fully saturated rings. The SMILES string of the molecule is Cc1n[nH]c(C)c1CNCCC(=O)N1C[C@H](C)O[C@@H](C)C1. The van der Waals surface area contributed by atoms with Crippen molar-refractivity contribution < 1.29 is 9.53 Å². The van der Waals surface area contributed by atoms with E-state index < -0.39 is 0 Å². The van der Waals surface area contributed by atoms with Crippen molar-refractivity contribution in [3.8, 4) is 0 Å². The molecule has 2 heterocycles. The van der Waals surface area contributed by atoms with Crippen molar-refractivity contribution in [1.29, 1.82) is 0 Å². The van der Waals surface area contributed by atoms with Crippen molar-refractivity contribution in [3.05, 3.63) is 17.0 Å². The molecule has 2 N–H and O–H groups in total. The minimum absolute atomic E-state index is 0.127. The van der Waals surface area contributed by atoms with E-state index in [-0.39, 0.29) is 18.1 Å². The summed E-state index contributed by atoms with van der Waals surface area (Å²) in [5.74, 6) is 0.199. The third kappa shape index (κ3) is 4.28. The minimum atomic E-state index is 0.127. The van der Waals surface area contributed by atoms with Gasteiger partial charge in [0.05, 0.1) is 17.9 Å². The summed E-state index contributed by atoms with van der Waals surface area (Å²) in [5.41, 5.74) is 3.29. The average Bonchev–Trinajstić information content (AvgIpc) is 2.73. The zero-order chi connectivity index (χ0) is 15.4. The lowest BCUT2D eigenvalue weighted by atomic mass is 10.2. The zero-order valence-corrected chi connectivity index (χ0v) is 13.4. The summed E-state index contributed by atoms with van der Waals surface area (Å²) in [6.07, 6.45) is 0.777. The van der Waals surface area contributed by atoms with E-state index in [0.29, 0.717) is 26.1 Å². The number of hydrogen-bond acceptors (Lipinski definition) is 4. The molecule has 0 unspecified atom stereocenters. The van der Waals surface area contributed by atoms with Crippen LogP contribution in [0.15, 0.2) is 0 Å². The third-order valence-corrected chi connectivity index (χ3v) is 3.87. The van der Waals surface area contributed by atoms with Gasteiger partial charge in [-0.3, -0.25) is 9.89 Å². The van der Waals surface area contributed by atoms with Crippen LogP contribution in [0.3, 0.4) is 0 Å². The molecule has 1 saturated heterocycles. The van der Waals surface area contributed by atoms with Crippen LogP contribution in [0.2, 0.25) is 0 Å². The van der Waals surface area contributed by atoms with Crippen molar-refractivity contribution in [2.24, 2.45) is 0 Å². The Morgan fingerprint density at radius 1 is 1.38 bits per heavy atom. The molecule has 118 valence electrons. The first-order valence-electron chi connectivity index (χ1n) is 7.61. The van der Waals surface area contributed by atoms with E-state index in [0.717, 1.165) is 17.9 Å². The van der Waals surface area contributed by atoms with Crippen molar-refractivity contribution >= 4 is 5.91 Å². The molecule has 0 bridgehead atoms. The maximum absolute atomic E-state index is 12.2. The van der Waals surface area contributed by atoms with Gasteiger partial charge in [0.15, 0.2) is 0 Å². The molecule has 2 atom stereocenters. The number of ether oxygens (including phenoxy) is 1. The fraction of sp³-hybridized carbons (Fsp3) is 0.733. The van der Waals surface area contributed by atoms with Crippen LogP contribution in [0, 0.1) is 13.8 Å². The Kier molecular flexibility index (Phi) is 5.36. The Labute approximate surface area is 126 Å². The van der Waals surface area contributed by atoms with Crippen LogP contribution in [0.1, 0.15) is 37.2 Å². The summed E-state index contributed by atoms with van der Waals surface area (Å²) in [6.45, 7) is 10.9. The van der Waals surface area contributed by atoms with Crippen LogP contribution in [0.25, 0.3) is 0 Å². The molecule has 6 heteroatoms. The van der Waals surface area contributed by atoms with Crippen LogP contribution < -0.4 is 5.32 Å². The number of rotatable bonds is 5. The Morgan fingerprint density at radius 3 is 2.62 bits per heavy atom. The topological polar surface area (TPSA) is 70.2 Å². The molecule has 2 rings (SSSR count). The summed E-state index contributed by atoms with van der Waals surface area (Å²) in [6, 6.07) is 0. The molecule has 1 aliphatic heterocycles. The molecular weight excluding hydrogens is 268 g/mol. The highest BCUT2D eigenvalue weighted by Crippen LogP contribution is 2.12. The number of morpholine rings is 1. The Bertz CT molecular complexity index is 457. The van der Waals surface area contributed by atoms with Gasteiger partial charge >= 0.3 is 0 Å². The second kappa shape index (κ2) is 7.04. The molecule has 21 heavy (non-hydrogen) atoms. The monoisotopic (exact) mass is 294 g/mol. The number of H-pyrrole nitrogens is 1. The zero-order valence-electron chi connectivity index (χ0n) is 13.4. The van der Waals surface area contributed by atoms with Gasteiger partial charge in [-0.1, -0.05) is 0 Å². The molecular formula is C15H26N4O2. The maximum Gasteiger partial charge on any atom is 0.224 e. The van der Waals surface area contributed by atoms with E-state index in [1.165, 1.54) is 5.56 Å². The van der Waals surface area contributed by atoms with Gasteiger partial charge < -0.3 is 15.0 Å². The fourth-order valence-corrected chi connectivity index (χ4v) is 2.78. The first kappa shape index (κ1) is 16.0. The Balaban J connectivity index is 1.72. The molecule has 0 aliphatic carbocycles. The summed E-state index contributed by atoms with van der Waals surface area (Å²) in [7, 11) is 0. The number of amides is 1. The van der Waals surface area contributed by atoms with Gasteiger partial charge in [0, 0.05) is 43.9 Å². The predicted octanol–water partition coefficient (Wildman–Crippen LogP) is 1.14. The van der Waals surface area contributed by atoms with E-state index in [4.69, 9.17) is 4.74 Å². The van der Waals surface area contributed by atoms with Crippen molar-refractivity contribution in [2.75, 3.05) is 19.6 Å². The molecule has 6 nitrogen and oxygen atoms in total. The number of aromatic nitrogens is 2. The average molecular weight is 294 g/mol. The number of nitrogens with one attached hydrogen (secondary N) is 2. The molecule has 0 spiro atoms. The lowest BCUT2D eigenvalue weighted by molar-refractivity contribution is -0.143. The highest BCUT2D eigenvalue weighted by atomic mass is 16.5. The van der Waals surface area contributed by atoms with Gasteiger partial charge in [-0.25, -0.2) is 0 Å². The van der Waals surface area contributed by atoms with Gasteiger partial charge in [0.25, 0.3) is 0 Å². The summed E-state index contributed by atoms with van der Waals surface area (Å²) >= 11 is 0. The van der Waals surface area contributed by atoms with E-state index in [9.17, 15) is 4.79 Å². The second-order valence-corrected chi connectivity index (χ2v) is 5.90. The normalized spacial score (nSPS) is 22.6. The number of hydrogen-bond donors (Lipinski definition) is 2. The Hall–Kier alpha value is -1.40. The minimum Gasteiger partial charge on any atom is -0.372 e. The number of aryl methyl sites for hydroxylation is 2. The molecule has 1 aromatic rings. The van der Waals surface area contributed by atoms with E-state index in [1.807, 2.05) is 32.6 Å². The second-order valence-electron chi connectivity index (χ2n) is 5.90. The highest BCUT2D eigenvalue weighted by Gasteiger charge is 2.25. The van der Waals surface area contributed by atoms with Crippen LogP contribution in [-0.4, -0.2) is 52.8 Å². The van der Waals surface area contributed by atoms with Crippen molar-refractivity contribution in [1.82, 2.24) is 20.4 Å². The maximum atomic E-state index is 12.2. The molecule has 1 amide bonds. The molecule has 1 aromatic heterocycles. The number of carbonyl (C=O) groups excluding carboxylic acids is 1. The smallest absolute Gasteiger partial charge is 0.224 e. The van der Waals surface area contributed by atoms with Crippen molar-refractivity contribution in [3.63, 3.8) is 0 Å². The standard InChI is InChI=1S/C15H26N4O2/c1-10-8-19(9-11(2)21-10)15(20)5-6-16-7-14-12(3)17-18-13(14)4/h10-11,16H,5-9H2,1-4H3,(H,17,18)/t10-,11-/m0/s1. The molecule has 0 radical (unpaired) electrons. The number of carbonyl (C=O) groups is 1. The van der Waals surface area contributed by atoms with Gasteiger partial charge in [-0.15, -0.1) is 0 Å². The van der Waals surface area contributed by atoms with Crippen molar-refractivity contribution in [2.45, 2.75) is 52.9 Å². The quantitative estimate of drug-likeness (QED) is 0.799. The van der Waals surface area contributed by atoms with E-state index in [1.54, 1.807) is 0 Å². The van der Waals surface area contributed by atoms with Crippen LogP contribution in [-0.2, 0) is 16.1 Å². The lowest BCUT2D eigenvalue weighted by Crippen LogP contribution is -2.48. The number of nitrogens with zero attached hydrogens (tertiary/aromatic N) is 2. The van der Waals surface area contributed by atoms with E-state index >= 15 is 0 Å². The van der Waals surface area contributed by atoms with E-state index in [2.05, 4.69) is 15.5 Å². The first-order valence-corrected chi connectivity index (χ1v) is 7.61. The van der Waals surface area contributed by atoms with Crippen LogP contribution in [0.4, 0.5) is 0 Å². The van der Waals surface area contributed by atoms with Gasteiger partial charge in [-0.05, 0) is 27.7 Å².